The quantitative estimate of drug-likeness (QED) is 0.858. The molecule has 15 heavy (non-hydrogen) atoms. The van der Waals surface area contributed by atoms with Crippen LogP contribution in [0.1, 0.15) is 31.2 Å². The van der Waals surface area contributed by atoms with Crippen molar-refractivity contribution >= 4 is 21.6 Å². The highest BCUT2D eigenvalue weighted by atomic mass is 79.9. The smallest absolute Gasteiger partial charge is 0.0487 e. The normalized spacial score (nSPS) is 16.9. The highest BCUT2D eigenvalue weighted by molar-refractivity contribution is 9.10. The molecule has 0 bridgehead atoms. The predicted octanol–water partition coefficient (Wildman–Crippen LogP) is 4.36. The zero-order valence-corrected chi connectivity index (χ0v) is 10.8. The molecule has 0 atom stereocenters. The molecule has 2 heteroatoms. The lowest BCUT2D eigenvalue weighted by Crippen LogP contribution is -2.11. The van der Waals surface area contributed by atoms with Crippen LogP contribution in [0.3, 0.4) is 0 Å². The highest BCUT2D eigenvalue weighted by Gasteiger charge is 2.14. The second-order valence-electron chi connectivity index (χ2n) is 4.47. The largest absolute Gasteiger partial charge is 0.384 e. The first kappa shape index (κ1) is 11.0. The summed E-state index contributed by atoms with van der Waals surface area (Å²) < 4.78 is 1.21. The van der Waals surface area contributed by atoms with Crippen molar-refractivity contribution in [3.05, 3.63) is 28.2 Å². The Labute approximate surface area is 100 Å². The molecule has 2 rings (SSSR count). The van der Waals surface area contributed by atoms with Gasteiger partial charge in [-0.3, -0.25) is 0 Å². The van der Waals surface area contributed by atoms with Crippen molar-refractivity contribution in [3.8, 4) is 0 Å². The zero-order valence-electron chi connectivity index (χ0n) is 9.22. The van der Waals surface area contributed by atoms with Crippen LogP contribution in [-0.4, -0.2) is 6.54 Å². The summed E-state index contributed by atoms with van der Waals surface area (Å²) in [5, 5.41) is 3.55. The average Bonchev–Trinajstić information content (AvgIpc) is 2.73. The second-order valence-corrected chi connectivity index (χ2v) is 5.26. The summed E-state index contributed by atoms with van der Waals surface area (Å²) in [4.78, 5) is 0. The molecule has 82 valence electrons. The summed E-state index contributed by atoms with van der Waals surface area (Å²) in [6.45, 7) is 3.26. The molecule has 0 aliphatic heterocycles. The van der Waals surface area contributed by atoms with Gasteiger partial charge >= 0.3 is 0 Å². The Morgan fingerprint density at radius 3 is 2.80 bits per heavy atom. The van der Waals surface area contributed by atoms with Crippen LogP contribution in [0, 0.1) is 12.8 Å². The van der Waals surface area contributed by atoms with E-state index in [1.807, 2.05) is 0 Å². The van der Waals surface area contributed by atoms with Crippen molar-refractivity contribution in [1.29, 1.82) is 0 Å². The first-order valence-corrected chi connectivity index (χ1v) is 6.55. The van der Waals surface area contributed by atoms with Gasteiger partial charge in [-0.1, -0.05) is 25.0 Å². The summed E-state index contributed by atoms with van der Waals surface area (Å²) in [7, 11) is 0. The third-order valence-electron chi connectivity index (χ3n) is 3.25. The number of halogens is 1. The van der Waals surface area contributed by atoms with Crippen LogP contribution in [0.4, 0.5) is 5.69 Å². The minimum atomic E-state index is 0.886. The zero-order chi connectivity index (χ0) is 10.7. The van der Waals surface area contributed by atoms with Gasteiger partial charge in [0.25, 0.3) is 0 Å². The number of hydrogen-bond acceptors (Lipinski definition) is 1. The van der Waals surface area contributed by atoms with Gasteiger partial charge in [-0.25, -0.2) is 0 Å². The molecular weight excluding hydrogens is 250 g/mol. The van der Waals surface area contributed by atoms with Gasteiger partial charge in [0.15, 0.2) is 0 Å². The van der Waals surface area contributed by atoms with E-state index in [1.54, 1.807) is 0 Å². The van der Waals surface area contributed by atoms with E-state index in [9.17, 15) is 0 Å². The molecule has 0 heterocycles. The molecule has 1 saturated carbocycles. The Kier molecular flexibility index (Phi) is 3.68. The topological polar surface area (TPSA) is 12.0 Å². The molecule has 1 N–H and O–H groups in total. The minimum absolute atomic E-state index is 0.886. The van der Waals surface area contributed by atoms with E-state index in [-0.39, 0.29) is 0 Å². The van der Waals surface area contributed by atoms with Crippen molar-refractivity contribution in [3.63, 3.8) is 0 Å². The van der Waals surface area contributed by atoms with Crippen LogP contribution < -0.4 is 5.32 Å². The number of hydrogen-bond donors (Lipinski definition) is 1. The Morgan fingerprint density at radius 2 is 2.07 bits per heavy atom. The van der Waals surface area contributed by atoms with E-state index >= 15 is 0 Å². The molecule has 0 spiro atoms. The van der Waals surface area contributed by atoms with Crippen molar-refractivity contribution in [1.82, 2.24) is 0 Å². The molecule has 1 aromatic rings. The lowest BCUT2D eigenvalue weighted by Gasteiger charge is -2.14. The second kappa shape index (κ2) is 5.02. The van der Waals surface area contributed by atoms with Crippen LogP contribution in [0.25, 0.3) is 0 Å². The average molecular weight is 268 g/mol. The molecule has 1 aromatic carbocycles. The van der Waals surface area contributed by atoms with Crippen LogP contribution in [0.15, 0.2) is 22.7 Å². The monoisotopic (exact) mass is 267 g/mol. The third kappa shape index (κ3) is 2.75. The van der Waals surface area contributed by atoms with E-state index in [4.69, 9.17) is 0 Å². The predicted molar refractivity (Wildman–Crippen MR) is 69.3 cm³/mol. The van der Waals surface area contributed by atoms with Gasteiger partial charge in [-0.05, 0) is 53.2 Å². The van der Waals surface area contributed by atoms with Crippen molar-refractivity contribution < 1.29 is 0 Å². The maximum Gasteiger partial charge on any atom is 0.0487 e. The fourth-order valence-corrected chi connectivity index (χ4v) is 2.66. The van der Waals surface area contributed by atoms with Crippen molar-refractivity contribution in [2.75, 3.05) is 11.9 Å². The Morgan fingerprint density at radius 1 is 1.33 bits per heavy atom. The van der Waals surface area contributed by atoms with E-state index < -0.39 is 0 Å². The van der Waals surface area contributed by atoms with Crippen LogP contribution >= 0.6 is 15.9 Å². The summed E-state index contributed by atoms with van der Waals surface area (Å²) in [6.07, 6.45) is 5.63. The molecule has 1 nitrogen and oxygen atoms in total. The van der Waals surface area contributed by atoms with Gasteiger partial charge in [-0.15, -0.1) is 0 Å². The van der Waals surface area contributed by atoms with Gasteiger partial charge in [0, 0.05) is 16.7 Å². The minimum Gasteiger partial charge on any atom is -0.384 e. The van der Waals surface area contributed by atoms with Gasteiger partial charge in [0.1, 0.15) is 0 Å². The number of benzene rings is 1. The molecular formula is C13H18BrN. The van der Waals surface area contributed by atoms with Gasteiger partial charge in [0.2, 0.25) is 0 Å². The summed E-state index contributed by atoms with van der Waals surface area (Å²) in [5.41, 5.74) is 2.54. The highest BCUT2D eigenvalue weighted by Crippen LogP contribution is 2.28. The van der Waals surface area contributed by atoms with Crippen molar-refractivity contribution in [2.45, 2.75) is 32.6 Å². The number of anilines is 1. The first-order chi connectivity index (χ1) is 7.27. The fourth-order valence-electron chi connectivity index (χ4n) is 2.25. The third-order valence-corrected chi connectivity index (χ3v) is 4.30. The summed E-state index contributed by atoms with van der Waals surface area (Å²) >= 11 is 3.63. The number of aryl methyl sites for hydroxylation is 1. The summed E-state index contributed by atoms with van der Waals surface area (Å²) in [5.74, 6) is 0.886. The van der Waals surface area contributed by atoms with Gasteiger partial charge in [-0.2, -0.15) is 0 Å². The molecule has 1 aliphatic carbocycles. The first-order valence-electron chi connectivity index (χ1n) is 5.76. The molecule has 0 unspecified atom stereocenters. The summed E-state index contributed by atoms with van der Waals surface area (Å²) in [6, 6.07) is 6.38. The molecule has 0 aromatic heterocycles. The van der Waals surface area contributed by atoms with Gasteiger partial charge in [0.05, 0.1) is 0 Å². The van der Waals surface area contributed by atoms with Crippen LogP contribution in [0.5, 0.6) is 0 Å². The number of rotatable bonds is 3. The maximum absolute atomic E-state index is 3.63. The molecule has 0 amide bonds. The maximum atomic E-state index is 3.63. The lowest BCUT2D eigenvalue weighted by atomic mass is 10.1. The van der Waals surface area contributed by atoms with Gasteiger partial charge < -0.3 is 5.32 Å². The Bertz CT molecular complexity index is 329. The molecule has 1 fully saturated rings. The van der Waals surface area contributed by atoms with Crippen molar-refractivity contribution in [2.24, 2.45) is 5.92 Å². The SMILES string of the molecule is Cc1cccc(NCC2CCCC2)c1Br. The fraction of sp³-hybridized carbons (Fsp3) is 0.538. The van der Waals surface area contributed by atoms with E-state index in [0.29, 0.717) is 0 Å². The van der Waals surface area contributed by atoms with E-state index in [0.717, 1.165) is 12.5 Å². The lowest BCUT2D eigenvalue weighted by molar-refractivity contribution is 0.580. The van der Waals surface area contributed by atoms with Crippen LogP contribution in [0.2, 0.25) is 0 Å². The Balaban J connectivity index is 1.95. The van der Waals surface area contributed by atoms with Crippen LogP contribution in [-0.2, 0) is 0 Å². The Hall–Kier alpha value is -0.500. The van der Waals surface area contributed by atoms with E-state index in [1.165, 1.54) is 41.4 Å². The standard InChI is InChI=1S/C13H18BrN/c1-10-5-4-8-12(13(10)14)15-9-11-6-2-3-7-11/h4-5,8,11,15H,2-3,6-7,9H2,1H3. The number of nitrogens with one attached hydrogen (secondary N) is 1. The van der Waals surface area contributed by atoms with E-state index in [2.05, 4.69) is 46.4 Å². The molecule has 0 saturated heterocycles. The molecule has 1 aliphatic rings. The molecule has 0 radical (unpaired) electrons.